The molecule has 0 aromatic rings. The highest BCUT2D eigenvalue weighted by Crippen LogP contribution is 2.23. The molecule has 1 heterocycles. The fraction of sp³-hybridized carbons (Fsp3) is 0.875. The Kier molecular flexibility index (Phi) is 3.02. The number of ether oxygens (including phenoxy) is 1. The van der Waals surface area contributed by atoms with Gasteiger partial charge in [-0.1, -0.05) is 0 Å². The predicted molar refractivity (Wildman–Crippen MR) is 40.3 cm³/mol. The zero-order chi connectivity index (χ0) is 8.16. The summed E-state index contributed by atoms with van der Waals surface area (Å²) >= 11 is 0. The first kappa shape index (κ1) is 8.68. The third kappa shape index (κ3) is 2.60. The summed E-state index contributed by atoms with van der Waals surface area (Å²) in [5, 5.41) is 9.74. The molecule has 3 nitrogen and oxygen atoms in total. The van der Waals surface area contributed by atoms with E-state index in [-0.39, 0.29) is 6.42 Å². The van der Waals surface area contributed by atoms with Crippen LogP contribution in [0, 0.1) is 0 Å². The molecule has 1 fully saturated rings. The van der Waals surface area contributed by atoms with Crippen molar-refractivity contribution < 1.29 is 14.6 Å². The van der Waals surface area contributed by atoms with Gasteiger partial charge in [-0.3, -0.25) is 0 Å². The van der Waals surface area contributed by atoms with E-state index in [0.717, 1.165) is 12.7 Å². The van der Waals surface area contributed by atoms with Crippen molar-refractivity contribution in [3.8, 4) is 0 Å². The van der Waals surface area contributed by atoms with Crippen molar-refractivity contribution in [1.82, 2.24) is 0 Å². The van der Waals surface area contributed by atoms with Crippen LogP contribution < -0.4 is 0 Å². The Bertz CT molecular complexity index is 125. The van der Waals surface area contributed by atoms with Crippen molar-refractivity contribution >= 4 is 6.29 Å². The summed E-state index contributed by atoms with van der Waals surface area (Å²) in [6, 6.07) is 0. The van der Waals surface area contributed by atoms with E-state index >= 15 is 0 Å². The zero-order valence-corrected chi connectivity index (χ0v) is 6.58. The Balaban J connectivity index is 2.44. The fourth-order valence-corrected chi connectivity index (χ4v) is 1.35. The Hall–Kier alpha value is -0.410. The van der Waals surface area contributed by atoms with Gasteiger partial charge in [0.25, 0.3) is 0 Å². The molecule has 1 N–H and O–H groups in total. The van der Waals surface area contributed by atoms with Crippen LogP contribution in [0.4, 0.5) is 0 Å². The second-order valence-electron chi connectivity index (χ2n) is 3.06. The van der Waals surface area contributed by atoms with Crippen molar-refractivity contribution in [2.75, 3.05) is 13.2 Å². The Labute approximate surface area is 66.4 Å². The lowest BCUT2D eigenvalue weighted by atomic mass is 9.92. The van der Waals surface area contributed by atoms with Gasteiger partial charge in [0.15, 0.2) is 0 Å². The van der Waals surface area contributed by atoms with Gasteiger partial charge < -0.3 is 14.6 Å². The van der Waals surface area contributed by atoms with Crippen molar-refractivity contribution in [1.29, 1.82) is 0 Å². The van der Waals surface area contributed by atoms with E-state index in [2.05, 4.69) is 0 Å². The minimum absolute atomic E-state index is 0.246. The topological polar surface area (TPSA) is 46.5 Å². The van der Waals surface area contributed by atoms with Crippen LogP contribution in [-0.2, 0) is 9.53 Å². The maximum absolute atomic E-state index is 10.2. The molecule has 1 aliphatic heterocycles. The molecule has 0 amide bonds. The summed E-state index contributed by atoms with van der Waals surface area (Å²) in [6.45, 7) is 1.28. The quantitative estimate of drug-likeness (QED) is 0.595. The fourth-order valence-electron chi connectivity index (χ4n) is 1.35. The van der Waals surface area contributed by atoms with Crippen LogP contribution in [-0.4, -0.2) is 30.2 Å². The van der Waals surface area contributed by atoms with Crippen LogP contribution in [0.2, 0.25) is 0 Å². The first-order valence-electron chi connectivity index (χ1n) is 4.01. The van der Waals surface area contributed by atoms with Crippen LogP contribution in [0.1, 0.15) is 25.7 Å². The monoisotopic (exact) mass is 158 g/mol. The molecule has 0 radical (unpaired) electrons. The van der Waals surface area contributed by atoms with E-state index in [1.807, 2.05) is 0 Å². The molecule has 1 aliphatic rings. The molecular weight excluding hydrogens is 144 g/mol. The number of carbonyl (C=O) groups excluding carboxylic acids is 1. The summed E-state index contributed by atoms with van der Waals surface area (Å²) < 4.78 is 5.16. The van der Waals surface area contributed by atoms with E-state index in [4.69, 9.17) is 4.74 Å². The molecule has 1 saturated heterocycles. The Morgan fingerprint density at radius 3 is 3.00 bits per heavy atom. The van der Waals surface area contributed by atoms with Crippen molar-refractivity contribution in [2.24, 2.45) is 0 Å². The first-order chi connectivity index (χ1) is 5.27. The smallest absolute Gasteiger partial charge is 0.122 e. The SMILES string of the molecule is O=CCC1(O)CCCOCC1. The lowest BCUT2D eigenvalue weighted by Crippen LogP contribution is -2.29. The summed E-state index contributed by atoms with van der Waals surface area (Å²) in [7, 11) is 0. The van der Waals surface area contributed by atoms with Crippen molar-refractivity contribution in [3.05, 3.63) is 0 Å². The summed E-state index contributed by atoms with van der Waals surface area (Å²) in [4.78, 5) is 10.2. The number of rotatable bonds is 2. The Morgan fingerprint density at radius 1 is 1.45 bits per heavy atom. The Morgan fingerprint density at radius 2 is 2.27 bits per heavy atom. The average Bonchev–Trinajstić information content (AvgIpc) is 2.15. The lowest BCUT2D eigenvalue weighted by molar-refractivity contribution is -0.112. The van der Waals surface area contributed by atoms with E-state index in [9.17, 15) is 9.90 Å². The van der Waals surface area contributed by atoms with Gasteiger partial charge in [0.1, 0.15) is 6.29 Å². The lowest BCUT2D eigenvalue weighted by Gasteiger charge is -2.22. The molecule has 0 aromatic carbocycles. The molecule has 0 spiro atoms. The highest BCUT2D eigenvalue weighted by atomic mass is 16.5. The molecule has 0 aromatic heterocycles. The molecule has 0 bridgehead atoms. The van der Waals surface area contributed by atoms with E-state index in [1.54, 1.807) is 0 Å². The number of carbonyl (C=O) groups is 1. The van der Waals surface area contributed by atoms with Crippen molar-refractivity contribution in [2.45, 2.75) is 31.3 Å². The molecule has 1 rings (SSSR count). The van der Waals surface area contributed by atoms with E-state index in [0.29, 0.717) is 26.1 Å². The minimum atomic E-state index is -0.780. The normalized spacial score (nSPS) is 32.8. The van der Waals surface area contributed by atoms with E-state index in [1.165, 1.54) is 0 Å². The van der Waals surface area contributed by atoms with Crippen molar-refractivity contribution in [3.63, 3.8) is 0 Å². The minimum Gasteiger partial charge on any atom is -0.389 e. The van der Waals surface area contributed by atoms with Crippen LogP contribution >= 0.6 is 0 Å². The maximum Gasteiger partial charge on any atom is 0.122 e. The number of hydrogen-bond donors (Lipinski definition) is 1. The van der Waals surface area contributed by atoms with Gasteiger partial charge in [-0.15, -0.1) is 0 Å². The highest BCUT2D eigenvalue weighted by Gasteiger charge is 2.27. The van der Waals surface area contributed by atoms with Gasteiger partial charge in [-0.2, -0.15) is 0 Å². The summed E-state index contributed by atoms with van der Waals surface area (Å²) in [5.74, 6) is 0. The standard InChI is InChI=1S/C8H14O3/c9-5-3-8(10)2-1-6-11-7-4-8/h5,10H,1-4,6-7H2. The number of aliphatic hydroxyl groups is 1. The van der Waals surface area contributed by atoms with Crippen LogP contribution in [0.25, 0.3) is 0 Å². The summed E-state index contributed by atoms with van der Waals surface area (Å²) in [5.41, 5.74) is -0.780. The molecule has 64 valence electrons. The van der Waals surface area contributed by atoms with Gasteiger partial charge in [0.2, 0.25) is 0 Å². The maximum atomic E-state index is 10.2. The molecule has 1 unspecified atom stereocenters. The molecule has 11 heavy (non-hydrogen) atoms. The molecule has 0 aliphatic carbocycles. The number of hydrogen-bond acceptors (Lipinski definition) is 3. The van der Waals surface area contributed by atoms with Crippen LogP contribution in [0.5, 0.6) is 0 Å². The first-order valence-corrected chi connectivity index (χ1v) is 4.01. The van der Waals surface area contributed by atoms with Gasteiger partial charge in [0, 0.05) is 19.6 Å². The third-order valence-electron chi connectivity index (χ3n) is 2.11. The van der Waals surface area contributed by atoms with Crippen LogP contribution in [0.3, 0.4) is 0 Å². The van der Waals surface area contributed by atoms with Gasteiger partial charge in [-0.05, 0) is 19.3 Å². The highest BCUT2D eigenvalue weighted by molar-refractivity contribution is 5.51. The molecular formula is C8H14O3. The molecule has 0 saturated carbocycles. The third-order valence-corrected chi connectivity index (χ3v) is 2.11. The van der Waals surface area contributed by atoms with Crippen LogP contribution in [0.15, 0.2) is 0 Å². The molecule has 1 atom stereocenters. The summed E-state index contributed by atoms with van der Waals surface area (Å²) in [6.07, 6.45) is 3.16. The number of aldehydes is 1. The van der Waals surface area contributed by atoms with E-state index < -0.39 is 5.60 Å². The average molecular weight is 158 g/mol. The van der Waals surface area contributed by atoms with Gasteiger partial charge >= 0.3 is 0 Å². The second-order valence-corrected chi connectivity index (χ2v) is 3.06. The van der Waals surface area contributed by atoms with Gasteiger partial charge in [-0.25, -0.2) is 0 Å². The predicted octanol–water partition coefficient (Wildman–Crippen LogP) is 0.507. The van der Waals surface area contributed by atoms with Gasteiger partial charge in [0.05, 0.1) is 5.60 Å². The second kappa shape index (κ2) is 3.83. The largest absolute Gasteiger partial charge is 0.389 e. The zero-order valence-electron chi connectivity index (χ0n) is 6.58. The molecule has 3 heteroatoms.